The highest BCUT2D eigenvalue weighted by Crippen LogP contribution is 2.35. The highest BCUT2D eigenvalue weighted by atomic mass is 16.5. The van der Waals surface area contributed by atoms with Crippen LogP contribution < -0.4 is 9.47 Å². The van der Waals surface area contributed by atoms with Gasteiger partial charge in [0.05, 0.1) is 19.8 Å². The minimum atomic E-state index is -1.22. The maximum absolute atomic E-state index is 12.4. The van der Waals surface area contributed by atoms with E-state index in [9.17, 15) is 9.90 Å². The molecule has 18 heavy (non-hydrogen) atoms. The molecule has 0 amide bonds. The minimum absolute atomic E-state index is 0.250. The summed E-state index contributed by atoms with van der Waals surface area (Å²) in [7, 11) is 3.06. The van der Waals surface area contributed by atoms with Gasteiger partial charge in [0.15, 0.2) is 5.78 Å². The maximum Gasteiger partial charge on any atom is 0.198 e. The van der Waals surface area contributed by atoms with Crippen LogP contribution >= 0.6 is 0 Å². The lowest BCUT2D eigenvalue weighted by atomic mass is 9.91. The summed E-state index contributed by atoms with van der Waals surface area (Å²) in [4.78, 5) is 12.4. The fraction of sp³-hybridized carbons (Fsp3) is 0.500. The van der Waals surface area contributed by atoms with Gasteiger partial charge in [-0.1, -0.05) is 0 Å². The zero-order chi connectivity index (χ0) is 13.2. The SMILES string of the molecule is COc1ccc(C(=O)C2(O)CCCC2)c(OC)c1. The Bertz CT molecular complexity index is 447. The molecule has 1 N–H and O–H groups in total. The normalized spacial score (nSPS) is 17.5. The summed E-state index contributed by atoms with van der Waals surface area (Å²) in [5.41, 5.74) is -0.801. The number of hydrogen-bond acceptors (Lipinski definition) is 4. The molecule has 0 heterocycles. The third-order valence-electron chi connectivity index (χ3n) is 3.51. The Hall–Kier alpha value is -1.55. The highest BCUT2D eigenvalue weighted by molar-refractivity contribution is 6.04. The molecule has 0 spiro atoms. The third kappa shape index (κ3) is 2.20. The molecule has 1 aliphatic carbocycles. The molecule has 0 unspecified atom stereocenters. The van der Waals surface area contributed by atoms with E-state index in [1.807, 2.05) is 0 Å². The van der Waals surface area contributed by atoms with Crippen LogP contribution in [0.4, 0.5) is 0 Å². The number of rotatable bonds is 4. The number of benzene rings is 1. The van der Waals surface area contributed by atoms with E-state index in [4.69, 9.17) is 9.47 Å². The number of methoxy groups -OCH3 is 2. The summed E-state index contributed by atoms with van der Waals surface area (Å²) in [6.45, 7) is 0. The molecule has 0 aliphatic heterocycles. The number of Topliss-reactive ketones (excluding diaryl/α,β-unsaturated/α-hetero) is 1. The Morgan fingerprint density at radius 2 is 1.89 bits per heavy atom. The molecule has 1 aromatic carbocycles. The number of aliphatic hydroxyl groups is 1. The zero-order valence-electron chi connectivity index (χ0n) is 10.7. The Labute approximate surface area is 107 Å². The molecule has 1 aliphatic rings. The fourth-order valence-electron chi connectivity index (χ4n) is 2.42. The Kier molecular flexibility index (Phi) is 3.57. The maximum atomic E-state index is 12.4. The van der Waals surface area contributed by atoms with Crippen molar-refractivity contribution < 1.29 is 19.4 Å². The van der Waals surface area contributed by atoms with Crippen molar-refractivity contribution in [1.82, 2.24) is 0 Å². The van der Waals surface area contributed by atoms with E-state index in [0.717, 1.165) is 12.8 Å². The van der Waals surface area contributed by atoms with E-state index in [1.54, 1.807) is 25.3 Å². The molecule has 98 valence electrons. The van der Waals surface area contributed by atoms with Gasteiger partial charge in [-0.15, -0.1) is 0 Å². The van der Waals surface area contributed by atoms with E-state index in [2.05, 4.69) is 0 Å². The van der Waals surface area contributed by atoms with Gasteiger partial charge in [-0.05, 0) is 37.8 Å². The Morgan fingerprint density at radius 3 is 2.44 bits per heavy atom. The van der Waals surface area contributed by atoms with Gasteiger partial charge in [0.1, 0.15) is 17.1 Å². The Balaban J connectivity index is 2.35. The summed E-state index contributed by atoms with van der Waals surface area (Å²) in [6, 6.07) is 5.01. The van der Waals surface area contributed by atoms with Crippen LogP contribution in [0.2, 0.25) is 0 Å². The van der Waals surface area contributed by atoms with Gasteiger partial charge in [-0.3, -0.25) is 4.79 Å². The van der Waals surface area contributed by atoms with Gasteiger partial charge in [0.25, 0.3) is 0 Å². The van der Waals surface area contributed by atoms with E-state index in [1.165, 1.54) is 7.11 Å². The van der Waals surface area contributed by atoms with Crippen molar-refractivity contribution in [2.24, 2.45) is 0 Å². The minimum Gasteiger partial charge on any atom is -0.497 e. The summed E-state index contributed by atoms with van der Waals surface area (Å²) in [5, 5.41) is 10.3. The lowest BCUT2D eigenvalue weighted by Gasteiger charge is -2.21. The smallest absolute Gasteiger partial charge is 0.198 e. The predicted molar refractivity (Wildman–Crippen MR) is 67.3 cm³/mol. The van der Waals surface area contributed by atoms with Crippen molar-refractivity contribution in [2.45, 2.75) is 31.3 Å². The zero-order valence-corrected chi connectivity index (χ0v) is 10.7. The largest absolute Gasteiger partial charge is 0.497 e. The first-order valence-electron chi connectivity index (χ1n) is 6.10. The third-order valence-corrected chi connectivity index (χ3v) is 3.51. The predicted octanol–water partition coefficient (Wildman–Crippen LogP) is 2.19. The van der Waals surface area contributed by atoms with Crippen molar-refractivity contribution in [3.8, 4) is 11.5 Å². The number of hydrogen-bond donors (Lipinski definition) is 1. The van der Waals surface area contributed by atoms with Crippen LogP contribution in [0, 0.1) is 0 Å². The first-order chi connectivity index (χ1) is 8.60. The van der Waals surface area contributed by atoms with Gasteiger partial charge in [0.2, 0.25) is 0 Å². The summed E-state index contributed by atoms with van der Waals surface area (Å²) >= 11 is 0. The van der Waals surface area contributed by atoms with E-state index in [-0.39, 0.29) is 5.78 Å². The van der Waals surface area contributed by atoms with Crippen LogP contribution in [0.5, 0.6) is 11.5 Å². The van der Waals surface area contributed by atoms with Crippen molar-refractivity contribution in [3.05, 3.63) is 23.8 Å². The molecule has 1 aromatic rings. The van der Waals surface area contributed by atoms with Crippen molar-refractivity contribution >= 4 is 5.78 Å². The number of carbonyl (C=O) groups is 1. The van der Waals surface area contributed by atoms with Crippen LogP contribution in [-0.4, -0.2) is 30.7 Å². The second-order valence-electron chi connectivity index (χ2n) is 4.63. The van der Waals surface area contributed by atoms with Crippen LogP contribution in [0.25, 0.3) is 0 Å². The molecule has 4 nitrogen and oxygen atoms in total. The average Bonchev–Trinajstić information content (AvgIpc) is 2.85. The monoisotopic (exact) mass is 250 g/mol. The molecule has 0 bridgehead atoms. The van der Waals surface area contributed by atoms with Crippen molar-refractivity contribution in [2.75, 3.05) is 14.2 Å². The summed E-state index contributed by atoms with van der Waals surface area (Å²) < 4.78 is 10.3. The average molecular weight is 250 g/mol. The van der Waals surface area contributed by atoms with Crippen LogP contribution in [0.3, 0.4) is 0 Å². The molecule has 1 fully saturated rings. The van der Waals surface area contributed by atoms with E-state index in [0.29, 0.717) is 29.9 Å². The second kappa shape index (κ2) is 4.98. The van der Waals surface area contributed by atoms with Gasteiger partial charge >= 0.3 is 0 Å². The van der Waals surface area contributed by atoms with Gasteiger partial charge in [-0.2, -0.15) is 0 Å². The van der Waals surface area contributed by atoms with Crippen molar-refractivity contribution in [3.63, 3.8) is 0 Å². The van der Waals surface area contributed by atoms with Crippen molar-refractivity contribution in [1.29, 1.82) is 0 Å². The first kappa shape index (κ1) is 12.9. The quantitative estimate of drug-likeness (QED) is 0.832. The topological polar surface area (TPSA) is 55.8 Å². The molecule has 0 radical (unpaired) electrons. The van der Waals surface area contributed by atoms with Crippen LogP contribution in [0.1, 0.15) is 36.0 Å². The lowest BCUT2D eigenvalue weighted by molar-refractivity contribution is 0.0350. The molecular formula is C14H18O4. The van der Waals surface area contributed by atoms with E-state index >= 15 is 0 Å². The molecule has 4 heteroatoms. The first-order valence-corrected chi connectivity index (χ1v) is 6.10. The molecule has 0 atom stereocenters. The molecule has 1 saturated carbocycles. The van der Waals surface area contributed by atoms with E-state index < -0.39 is 5.60 Å². The lowest BCUT2D eigenvalue weighted by Crippen LogP contribution is -2.35. The second-order valence-corrected chi connectivity index (χ2v) is 4.63. The van der Waals surface area contributed by atoms with Gasteiger partial charge in [-0.25, -0.2) is 0 Å². The highest BCUT2D eigenvalue weighted by Gasteiger charge is 2.40. The molecule has 0 saturated heterocycles. The number of carbonyl (C=O) groups excluding carboxylic acids is 1. The fourth-order valence-corrected chi connectivity index (χ4v) is 2.42. The van der Waals surface area contributed by atoms with Crippen LogP contribution in [0.15, 0.2) is 18.2 Å². The van der Waals surface area contributed by atoms with Crippen LogP contribution in [-0.2, 0) is 0 Å². The molecule has 0 aromatic heterocycles. The number of ether oxygens (including phenoxy) is 2. The number of ketones is 1. The Morgan fingerprint density at radius 1 is 1.22 bits per heavy atom. The standard InChI is InChI=1S/C14H18O4/c1-17-10-5-6-11(12(9-10)18-2)13(15)14(16)7-3-4-8-14/h5-6,9,16H,3-4,7-8H2,1-2H3. The van der Waals surface area contributed by atoms with Gasteiger partial charge < -0.3 is 14.6 Å². The summed E-state index contributed by atoms with van der Waals surface area (Å²) in [5.74, 6) is 0.820. The molecule has 2 rings (SSSR count). The molecular weight excluding hydrogens is 232 g/mol. The summed E-state index contributed by atoms with van der Waals surface area (Å²) in [6.07, 6.45) is 2.84. The van der Waals surface area contributed by atoms with Gasteiger partial charge in [0, 0.05) is 6.07 Å².